The topological polar surface area (TPSA) is 0 Å². The molecule has 0 atom stereocenters. The fourth-order valence-corrected chi connectivity index (χ4v) is 3.63. The molecule has 0 amide bonds. The predicted molar refractivity (Wildman–Crippen MR) is 95.3 cm³/mol. The van der Waals surface area contributed by atoms with Crippen molar-refractivity contribution in [3.63, 3.8) is 0 Å². The molecule has 0 fully saturated rings. The lowest BCUT2D eigenvalue weighted by atomic mass is 10.0. The third-order valence-corrected chi connectivity index (χ3v) is 5.38. The van der Waals surface area contributed by atoms with Crippen molar-refractivity contribution in [1.29, 1.82) is 0 Å². The molecule has 0 nitrogen and oxygen atoms in total. The molecule has 0 aliphatic heterocycles. The lowest BCUT2D eigenvalue weighted by molar-refractivity contribution is -0.00000439. The first-order chi connectivity index (χ1) is 9.27. The van der Waals surface area contributed by atoms with Crippen molar-refractivity contribution in [1.82, 2.24) is 0 Å². The minimum atomic E-state index is 0. The molecule has 0 saturated carbocycles. The maximum Gasteiger partial charge on any atom is 0.0566 e. The van der Waals surface area contributed by atoms with Crippen LogP contribution in [0.3, 0.4) is 0 Å². The number of rotatable bonds is 15. The van der Waals surface area contributed by atoms with Crippen LogP contribution in [0.15, 0.2) is 0 Å². The molecule has 0 bridgehead atoms. The third-order valence-electron chi connectivity index (χ3n) is 4.03. The summed E-state index contributed by atoms with van der Waals surface area (Å²) < 4.78 is 0. The highest BCUT2D eigenvalue weighted by molar-refractivity contribution is 7.55. The van der Waals surface area contributed by atoms with Gasteiger partial charge >= 0.3 is 0 Å². The van der Waals surface area contributed by atoms with Crippen molar-refractivity contribution in [2.24, 2.45) is 0 Å². The van der Waals surface area contributed by atoms with E-state index in [4.69, 9.17) is 0 Å². The Morgan fingerprint density at radius 1 is 0.500 bits per heavy atom. The molecule has 0 saturated heterocycles. The fourth-order valence-electron chi connectivity index (χ4n) is 2.67. The zero-order valence-electron chi connectivity index (χ0n) is 14.5. The van der Waals surface area contributed by atoms with Gasteiger partial charge in [-0.3, -0.25) is 0 Å². The number of halogens is 1. The van der Waals surface area contributed by atoms with Crippen molar-refractivity contribution >= 4 is 7.92 Å². The van der Waals surface area contributed by atoms with Crippen molar-refractivity contribution in [3.8, 4) is 0 Å². The van der Waals surface area contributed by atoms with E-state index in [9.17, 15) is 0 Å². The van der Waals surface area contributed by atoms with E-state index in [1.165, 1.54) is 96.1 Å². The van der Waals surface area contributed by atoms with Crippen molar-refractivity contribution in [2.75, 3.05) is 19.5 Å². The quantitative estimate of drug-likeness (QED) is 0.304. The summed E-state index contributed by atoms with van der Waals surface area (Å²) in [4.78, 5) is 0. The molecule has 0 aliphatic rings. The van der Waals surface area contributed by atoms with Gasteiger partial charge in [0.2, 0.25) is 0 Å². The SMILES string of the molecule is CCCCCCCCCCCCCCCC[PH+](C)C.[Br-]. The van der Waals surface area contributed by atoms with Crippen LogP contribution < -0.4 is 17.0 Å². The first kappa shape index (κ1) is 23.2. The molecule has 0 rings (SSSR count). The largest absolute Gasteiger partial charge is 1.00 e. The van der Waals surface area contributed by atoms with Crippen LogP contribution in [0.4, 0.5) is 0 Å². The molecule has 0 heterocycles. The van der Waals surface area contributed by atoms with E-state index in [0.29, 0.717) is 0 Å². The van der Waals surface area contributed by atoms with Gasteiger partial charge in [-0.05, 0) is 20.8 Å². The Labute approximate surface area is 141 Å². The molecular formula is C18H40BrP. The summed E-state index contributed by atoms with van der Waals surface area (Å²) in [6.45, 7) is 7.17. The zero-order valence-corrected chi connectivity index (χ0v) is 17.1. The van der Waals surface area contributed by atoms with Crippen molar-refractivity contribution < 1.29 is 17.0 Å². The van der Waals surface area contributed by atoms with E-state index in [2.05, 4.69) is 20.3 Å². The van der Waals surface area contributed by atoms with Crippen LogP contribution in [0.25, 0.3) is 0 Å². The summed E-state index contributed by atoms with van der Waals surface area (Å²) in [5.74, 6) is 0. The van der Waals surface area contributed by atoms with E-state index in [1.807, 2.05) is 0 Å². The Balaban J connectivity index is 0. The van der Waals surface area contributed by atoms with Crippen LogP contribution in [-0.4, -0.2) is 19.5 Å². The van der Waals surface area contributed by atoms with Gasteiger partial charge in [0.15, 0.2) is 0 Å². The van der Waals surface area contributed by atoms with Crippen LogP contribution in [0.2, 0.25) is 0 Å². The van der Waals surface area contributed by atoms with Crippen LogP contribution in [0.5, 0.6) is 0 Å². The summed E-state index contributed by atoms with van der Waals surface area (Å²) in [6.07, 6.45) is 22.2. The van der Waals surface area contributed by atoms with E-state index in [1.54, 1.807) is 0 Å². The van der Waals surface area contributed by atoms with Crippen LogP contribution in [-0.2, 0) is 0 Å². The molecule has 2 heteroatoms. The number of hydrogen-bond donors (Lipinski definition) is 0. The highest BCUT2D eigenvalue weighted by Gasteiger charge is 1.99. The molecule has 0 N–H and O–H groups in total. The highest BCUT2D eigenvalue weighted by atomic mass is 79.9. The number of hydrogen-bond acceptors (Lipinski definition) is 0. The van der Waals surface area contributed by atoms with Gasteiger partial charge in [0.25, 0.3) is 0 Å². The Hall–Kier alpha value is 0.910. The van der Waals surface area contributed by atoms with Crippen molar-refractivity contribution in [2.45, 2.75) is 96.8 Å². The van der Waals surface area contributed by atoms with E-state index in [0.717, 1.165) is 0 Å². The minimum Gasteiger partial charge on any atom is -1.00 e. The second-order valence-electron chi connectivity index (χ2n) is 6.55. The van der Waals surface area contributed by atoms with Gasteiger partial charge in [-0.2, -0.15) is 0 Å². The normalized spacial score (nSPS) is 10.8. The molecule has 0 aromatic heterocycles. The predicted octanol–water partition coefficient (Wildman–Crippen LogP) is 3.95. The van der Waals surface area contributed by atoms with E-state index >= 15 is 0 Å². The summed E-state index contributed by atoms with van der Waals surface area (Å²) in [5, 5.41) is 0. The molecule has 0 spiro atoms. The van der Waals surface area contributed by atoms with Crippen LogP contribution in [0.1, 0.15) is 96.8 Å². The molecule has 0 aliphatic carbocycles. The zero-order chi connectivity index (χ0) is 14.2. The second-order valence-corrected chi connectivity index (χ2v) is 9.47. The van der Waals surface area contributed by atoms with Gasteiger partial charge < -0.3 is 17.0 Å². The standard InChI is InChI=1S/C18H39P.BrH/c1-4-5-6-7-8-9-10-11-12-13-14-15-16-17-18-19(2)3;/h4-18H2,1-3H3;1H. The molecule has 20 heavy (non-hydrogen) atoms. The lowest BCUT2D eigenvalue weighted by Gasteiger charge is -2.03. The maximum absolute atomic E-state index is 2.44. The summed E-state index contributed by atoms with van der Waals surface area (Å²) in [6, 6.07) is 0. The smallest absolute Gasteiger partial charge is 0.0566 e. The monoisotopic (exact) mass is 366 g/mol. The van der Waals surface area contributed by atoms with Gasteiger partial charge in [-0.25, -0.2) is 0 Å². The number of unbranched alkanes of at least 4 members (excludes halogenated alkanes) is 13. The van der Waals surface area contributed by atoms with Gasteiger partial charge in [0, 0.05) is 13.3 Å². The Kier molecular flexibility index (Phi) is 23.1. The van der Waals surface area contributed by atoms with Gasteiger partial charge in [-0.1, -0.05) is 84.0 Å². The van der Waals surface area contributed by atoms with Gasteiger partial charge in [0.05, 0.1) is 6.16 Å². The van der Waals surface area contributed by atoms with Gasteiger partial charge in [-0.15, -0.1) is 0 Å². The Bertz CT molecular complexity index is 159. The summed E-state index contributed by atoms with van der Waals surface area (Å²) in [7, 11) is 0.0497. The molecule has 0 aromatic rings. The Morgan fingerprint density at radius 2 is 0.800 bits per heavy atom. The first-order valence-electron chi connectivity index (χ1n) is 9.06. The average Bonchev–Trinajstić information content (AvgIpc) is 2.39. The maximum atomic E-state index is 2.44. The first-order valence-corrected chi connectivity index (χ1v) is 11.8. The third kappa shape index (κ3) is 21.2. The van der Waals surface area contributed by atoms with Gasteiger partial charge in [0.1, 0.15) is 0 Å². The second kappa shape index (κ2) is 19.9. The van der Waals surface area contributed by atoms with Crippen molar-refractivity contribution in [3.05, 3.63) is 0 Å². The minimum absolute atomic E-state index is 0. The average molecular weight is 367 g/mol. The Morgan fingerprint density at radius 3 is 1.10 bits per heavy atom. The molecule has 0 radical (unpaired) electrons. The van der Waals surface area contributed by atoms with Crippen LogP contribution in [0, 0.1) is 0 Å². The summed E-state index contributed by atoms with van der Waals surface area (Å²) in [5.41, 5.74) is 0. The molecule has 124 valence electrons. The highest BCUT2D eigenvalue weighted by Crippen LogP contribution is 2.26. The lowest BCUT2D eigenvalue weighted by Crippen LogP contribution is -3.00. The fraction of sp³-hybridized carbons (Fsp3) is 1.00. The molecular weight excluding hydrogens is 327 g/mol. The molecule has 0 aromatic carbocycles. The summed E-state index contributed by atoms with van der Waals surface area (Å²) >= 11 is 0. The molecule has 0 unspecified atom stereocenters. The van der Waals surface area contributed by atoms with Crippen LogP contribution >= 0.6 is 7.92 Å². The van der Waals surface area contributed by atoms with E-state index < -0.39 is 0 Å². The van der Waals surface area contributed by atoms with E-state index in [-0.39, 0.29) is 24.9 Å².